The summed E-state index contributed by atoms with van der Waals surface area (Å²) in [4.78, 5) is 28.4. The summed E-state index contributed by atoms with van der Waals surface area (Å²) in [6.07, 6.45) is -3.53. The van der Waals surface area contributed by atoms with Crippen LogP contribution in [-0.2, 0) is 11.3 Å². The summed E-state index contributed by atoms with van der Waals surface area (Å²) in [5.74, 6) is -2.42. The molecule has 9 heteroatoms. The second kappa shape index (κ2) is 8.93. The average Bonchev–Trinajstić information content (AvgIpc) is 2.60. The van der Waals surface area contributed by atoms with E-state index < -0.39 is 23.6 Å². The SMILES string of the molecule is Cc1cc(C(=O)NCc2cccc(OC(C)(F)F)c2F)cc(NC(=O)C(C)C)n1. The van der Waals surface area contributed by atoms with Crippen LogP contribution in [0.4, 0.5) is 19.0 Å². The minimum absolute atomic E-state index is 0.0146. The molecule has 1 aromatic heterocycles. The van der Waals surface area contributed by atoms with E-state index in [-0.39, 0.29) is 35.3 Å². The molecule has 1 heterocycles. The Morgan fingerprint density at radius 2 is 1.93 bits per heavy atom. The van der Waals surface area contributed by atoms with Gasteiger partial charge in [-0.3, -0.25) is 9.59 Å². The molecule has 0 saturated heterocycles. The Labute approximate surface area is 166 Å². The molecule has 1 aromatic carbocycles. The average molecular weight is 409 g/mol. The molecule has 6 nitrogen and oxygen atoms in total. The Balaban J connectivity index is 2.13. The van der Waals surface area contributed by atoms with Gasteiger partial charge >= 0.3 is 6.11 Å². The van der Waals surface area contributed by atoms with Crippen LogP contribution in [0, 0.1) is 18.7 Å². The van der Waals surface area contributed by atoms with E-state index in [9.17, 15) is 22.8 Å². The molecule has 2 aromatic rings. The number of nitrogens with zero attached hydrogens (tertiary/aromatic N) is 1. The van der Waals surface area contributed by atoms with E-state index in [1.807, 2.05) is 0 Å². The molecule has 0 fully saturated rings. The molecule has 0 spiro atoms. The molecule has 156 valence electrons. The van der Waals surface area contributed by atoms with Crippen LogP contribution in [0.15, 0.2) is 30.3 Å². The van der Waals surface area contributed by atoms with Gasteiger partial charge in [0.05, 0.1) is 0 Å². The first-order valence-electron chi connectivity index (χ1n) is 8.88. The summed E-state index contributed by atoms with van der Waals surface area (Å²) < 4.78 is 44.6. The van der Waals surface area contributed by atoms with E-state index >= 15 is 0 Å². The van der Waals surface area contributed by atoms with Gasteiger partial charge in [0, 0.05) is 36.2 Å². The van der Waals surface area contributed by atoms with E-state index in [0.29, 0.717) is 12.6 Å². The van der Waals surface area contributed by atoms with Gasteiger partial charge in [-0.15, -0.1) is 0 Å². The molecule has 0 aliphatic heterocycles. The third kappa shape index (κ3) is 6.48. The molecule has 2 rings (SSSR count). The smallest absolute Gasteiger partial charge is 0.395 e. The minimum Gasteiger partial charge on any atom is -0.430 e. The maximum atomic E-state index is 14.3. The van der Waals surface area contributed by atoms with Crippen molar-refractivity contribution in [1.82, 2.24) is 10.3 Å². The van der Waals surface area contributed by atoms with E-state index in [4.69, 9.17) is 0 Å². The fourth-order valence-electron chi connectivity index (χ4n) is 2.38. The third-order valence-corrected chi connectivity index (χ3v) is 3.76. The fourth-order valence-corrected chi connectivity index (χ4v) is 2.38. The molecule has 2 N–H and O–H groups in total. The van der Waals surface area contributed by atoms with E-state index in [2.05, 4.69) is 20.4 Å². The molecular formula is C20H22F3N3O3. The number of nitrogens with one attached hydrogen (secondary N) is 2. The van der Waals surface area contributed by atoms with Gasteiger partial charge in [-0.05, 0) is 25.1 Å². The summed E-state index contributed by atoms with van der Waals surface area (Å²) in [5, 5.41) is 5.13. The Morgan fingerprint density at radius 1 is 1.24 bits per heavy atom. The summed E-state index contributed by atoms with van der Waals surface area (Å²) in [7, 11) is 0. The lowest BCUT2D eigenvalue weighted by Gasteiger charge is -2.15. The van der Waals surface area contributed by atoms with Gasteiger partial charge in [-0.1, -0.05) is 26.0 Å². The van der Waals surface area contributed by atoms with Crippen LogP contribution in [0.25, 0.3) is 0 Å². The molecule has 2 amide bonds. The molecule has 0 saturated carbocycles. The number of hydrogen-bond donors (Lipinski definition) is 2. The monoisotopic (exact) mass is 409 g/mol. The van der Waals surface area contributed by atoms with Gasteiger partial charge in [0.2, 0.25) is 5.91 Å². The second-order valence-electron chi connectivity index (χ2n) is 6.85. The predicted molar refractivity (Wildman–Crippen MR) is 101 cm³/mol. The molecule has 0 aliphatic carbocycles. The summed E-state index contributed by atoms with van der Waals surface area (Å²) in [6, 6.07) is 6.68. The summed E-state index contributed by atoms with van der Waals surface area (Å²) in [6.45, 7) is 5.36. The van der Waals surface area contributed by atoms with Gasteiger partial charge in [0.15, 0.2) is 11.6 Å². The number of halogens is 3. The number of alkyl halides is 2. The van der Waals surface area contributed by atoms with Crippen molar-refractivity contribution in [2.45, 2.75) is 40.3 Å². The van der Waals surface area contributed by atoms with Gasteiger partial charge < -0.3 is 15.4 Å². The maximum absolute atomic E-state index is 14.3. The van der Waals surface area contributed by atoms with Crippen molar-refractivity contribution in [3.63, 3.8) is 0 Å². The normalized spacial score (nSPS) is 11.3. The number of aryl methyl sites for hydroxylation is 1. The molecular weight excluding hydrogens is 387 g/mol. The van der Waals surface area contributed by atoms with E-state index in [1.54, 1.807) is 20.8 Å². The number of aromatic nitrogens is 1. The van der Waals surface area contributed by atoms with Gasteiger partial charge in [0.1, 0.15) is 5.82 Å². The van der Waals surface area contributed by atoms with E-state index in [0.717, 1.165) is 6.07 Å². The second-order valence-corrected chi connectivity index (χ2v) is 6.85. The summed E-state index contributed by atoms with van der Waals surface area (Å²) in [5.41, 5.74) is 0.701. The molecule has 0 atom stereocenters. The van der Waals surface area contributed by atoms with Crippen LogP contribution in [0.3, 0.4) is 0 Å². The standard InChI is InChI=1S/C20H22F3N3O3/c1-11(2)18(27)26-16-9-14(8-12(3)25-16)19(28)24-10-13-6-5-7-15(17(13)21)29-20(4,22)23/h5-9,11H,10H2,1-4H3,(H,24,28)(H,25,26,27). The highest BCUT2D eigenvalue weighted by atomic mass is 19.3. The topological polar surface area (TPSA) is 80.3 Å². The molecule has 29 heavy (non-hydrogen) atoms. The fraction of sp³-hybridized carbons (Fsp3) is 0.350. The van der Waals surface area contributed by atoms with Gasteiger partial charge in [0.25, 0.3) is 5.91 Å². The molecule has 0 bridgehead atoms. The maximum Gasteiger partial charge on any atom is 0.395 e. The van der Waals surface area contributed by atoms with Crippen LogP contribution < -0.4 is 15.4 Å². The van der Waals surface area contributed by atoms with Crippen LogP contribution in [0.1, 0.15) is 42.4 Å². The van der Waals surface area contributed by atoms with Gasteiger partial charge in [-0.25, -0.2) is 9.37 Å². The quantitative estimate of drug-likeness (QED) is 0.723. The highest BCUT2D eigenvalue weighted by Gasteiger charge is 2.25. The first-order chi connectivity index (χ1) is 13.5. The number of amides is 2. The van der Waals surface area contributed by atoms with E-state index in [1.165, 1.54) is 24.3 Å². The summed E-state index contributed by atoms with van der Waals surface area (Å²) >= 11 is 0. The zero-order valence-corrected chi connectivity index (χ0v) is 16.5. The van der Waals surface area contributed by atoms with Crippen LogP contribution in [-0.4, -0.2) is 22.9 Å². The number of carbonyl (C=O) groups excluding carboxylic acids is 2. The van der Waals surface area contributed by atoms with Crippen molar-refractivity contribution in [2.75, 3.05) is 5.32 Å². The van der Waals surface area contributed by atoms with Crippen molar-refractivity contribution in [1.29, 1.82) is 0 Å². The largest absolute Gasteiger partial charge is 0.430 e. The minimum atomic E-state index is -3.53. The van der Waals surface area contributed by atoms with Gasteiger partial charge in [-0.2, -0.15) is 8.78 Å². The van der Waals surface area contributed by atoms with Crippen LogP contribution in [0.2, 0.25) is 0 Å². The lowest BCUT2D eigenvalue weighted by Crippen LogP contribution is -2.25. The number of benzene rings is 1. The first-order valence-corrected chi connectivity index (χ1v) is 8.88. The lowest BCUT2D eigenvalue weighted by atomic mass is 10.1. The van der Waals surface area contributed by atoms with Crippen molar-refractivity contribution in [3.05, 3.63) is 53.0 Å². The number of anilines is 1. The molecule has 0 aliphatic rings. The Kier molecular flexibility index (Phi) is 6.84. The number of rotatable bonds is 7. The van der Waals surface area contributed by atoms with Crippen LogP contribution in [0.5, 0.6) is 5.75 Å². The molecule has 0 unspecified atom stereocenters. The predicted octanol–water partition coefficient (Wildman–Crippen LogP) is 4.05. The van der Waals surface area contributed by atoms with Crippen LogP contribution >= 0.6 is 0 Å². The zero-order valence-electron chi connectivity index (χ0n) is 16.5. The van der Waals surface area contributed by atoms with Crippen molar-refractivity contribution in [3.8, 4) is 5.75 Å². The Bertz CT molecular complexity index is 912. The zero-order chi connectivity index (χ0) is 21.8. The highest BCUT2D eigenvalue weighted by molar-refractivity contribution is 5.97. The number of ether oxygens (including phenoxy) is 1. The highest BCUT2D eigenvalue weighted by Crippen LogP contribution is 2.26. The lowest BCUT2D eigenvalue weighted by molar-refractivity contribution is -0.160. The number of hydrogen-bond acceptors (Lipinski definition) is 4. The molecule has 0 radical (unpaired) electrons. The third-order valence-electron chi connectivity index (χ3n) is 3.76. The van der Waals surface area contributed by atoms with Crippen molar-refractivity contribution < 1.29 is 27.5 Å². The van der Waals surface area contributed by atoms with Crippen molar-refractivity contribution in [2.24, 2.45) is 5.92 Å². The Hall–Kier alpha value is -3.10. The number of carbonyl (C=O) groups is 2. The first kappa shape index (κ1) is 22.2. The Morgan fingerprint density at radius 3 is 2.55 bits per heavy atom. The van der Waals surface area contributed by atoms with Crippen molar-refractivity contribution >= 4 is 17.6 Å². The number of pyridine rings is 1.